The van der Waals surface area contributed by atoms with Gasteiger partial charge in [-0.25, -0.2) is 0 Å². The highest BCUT2D eigenvalue weighted by Gasteiger charge is 2.36. The Labute approximate surface area is 231 Å². The van der Waals surface area contributed by atoms with Gasteiger partial charge in [0.2, 0.25) is 5.91 Å². The van der Waals surface area contributed by atoms with Crippen molar-refractivity contribution in [2.45, 2.75) is 37.7 Å². The summed E-state index contributed by atoms with van der Waals surface area (Å²) in [5, 5.41) is 11.6. The van der Waals surface area contributed by atoms with Gasteiger partial charge in [-0.2, -0.15) is 0 Å². The Morgan fingerprint density at radius 2 is 1.46 bits per heavy atom. The second-order valence-corrected chi connectivity index (χ2v) is 10.8. The molecule has 2 heterocycles. The Hall–Kier alpha value is -3.96. The number of rotatable bonds is 8. The Balaban J connectivity index is 1.29. The number of benzene rings is 3. The number of aldehydes is 1. The van der Waals surface area contributed by atoms with E-state index in [1.54, 1.807) is 0 Å². The van der Waals surface area contributed by atoms with Gasteiger partial charge in [-0.3, -0.25) is 9.59 Å². The van der Waals surface area contributed by atoms with Crippen LogP contribution in [-0.4, -0.2) is 58.9 Å². The molecule has 0 radical (unpaired) electrons. The number of nitrogens with zero attached hydrogens (tertiary/aromatic N) is 2. The molecule has 5 heteroatoms. The molecule has 0 bridgehead atoms. The second-order valence-electron chi connectivity index (χ2n) is 10.8. The Bertz CT molecular complexity index is 1340. The van der Waals surface area contributed by atoms with Crippen molar-refractivity contribution in [3.63, 3.8) is 0 Å². The zero-order chi connectivity index (χ0) is 27.2. The minimum Gasteiger partial charge on any atom is -0.388 e. The fourth-order valence-corrected chi connectivity index (χ4v) is 5.74. The highest BCUT2D eigenvalue weighted by atomic mass is 16.3. The molecule has 1 saturated heterocycles. The van der Waals surface area contributed by atoms with E-state index < -0.39 is 5.60 Å². The molecule has 0 aromatic heterocycles. The molecular formula is C34H36N2O3. The van der Waals surface area contributed by atoms with Crippen molar-refractivity contribution < 1.29 is 14.7 Å². The fourth-order valence-electron chi connectivity index (χ4n) is 5.74. The monoisotopic (exact) mass is 520 g/mol. The molecule has 2 aliphatic rings. The Morgan fingerprint density at radius 3 is 2.05 bits per heavy atom. The molecule has 0 saturated carbocycles. The first-order chi connectivity index (χ1) is 19.0. The van der Waals surface area contributed by atoms with Gasteiger partial charge < -0.3 is 14.9 Å². The lowest BCUT2D eigenvalue weighted by Crippen LogP contribution is -2.52. The number of β-amino-alcohol motifs (C(OH)–C–C–N with tert-alkyl or cyclic N) is 1. The highest BCUT2D eigenvalue weighted by molar-refractivity contribution is 6.12. The third kappa shape index (κ3) is 6.21. The zero-order valence-corrected chi connectivity index (χ0v) is 22.5. The zero-order valence-electron chi connectivity index (χ0n) is 22.5. The van der Waals surface area contributed by atoms with Crippen LogP contribution in [0.3, 0.4) is 0 Å². The van der Waals surface area contributed by atoms with E-state index in [0.29, 0.717) is 51.0 Å². The average molecular weight is 521 g/mol. The molecular weight excluding hydrogens is 484 g/mol. The summed E-state index contributed by atoms with van der Waals surface area (Å²) < 4.78 is 0. The third-order valence-electron chi connectivity index (χ3n) is 7.96. The Morgan fingerprint density at radius 1 is 0.897 bits per heavy atom. The molecule has 2 aliphatic heterocycles. The predicted octanol–water partition coefficient (Wildman–Crippen LogP) is 5.54. The predicted molar refractivity (Wildman–Crippen MR) is 156 cm³/mol. The molecule has 1 N–H and O–H groups in total. The van der Waals surface area contributed by atoms with E-state index >= 15 is 0 Å². The van der Waals surface area contributed by atoms with Crippen LogP contribution in [0.15, 0.2) is 103 Å². The summed E-state index contributed by atoms with van der Waals surface area (Å²) in [5.74, 6) is 0.290. The van der Waals surface area contributed by atoms with Crippen molar-refractivity contribution in [3.05, 3.63) is 119 Å². The van der Waals surface area contributed by atoms with Crippen molar-refractivity contribution >= 4 is 23.3 Å². The lowest BCUT2D eigenvalue weighted by molar-refractivity contribution is -0.136. The maximum atomic E-state index is 13.0. The van der Waals surface area contributed by atoms with Gasteiger partial charge in [0, 0.05) is 49.9 Å². The van der Waals surface area contributed by atoms with E-state index in [2.05, 4.69) is 42.3 Å². The third-order valence-corrected chi connectivity index (χ3v) is 7.96. The number of amides is 1. The molecule has 39 heavy (non-hydrogen) atoms. The molecule has 3 aromatic rings. The number of piperidine rings is 1. The smallest absolute Gasteiger partial charge is 0.223 e. The van der Waals surface area contributed by atoms with Crippen molar-refractivity contribution in [2.75, 3.05) is 26.2 Å². The molecule has 0 aliphatic carbocycles. The largest absolute Gasteiger partial charge is 0.388 e. The molecule has 1 fully saturated rings. The van der Waals surface area contributed by atoms with Crippen LogP contribution in [0.25, 0.3) is 11.1 Å². The van der Waals surface area contributed by atoms with Crippen LogP contribution in [0.2, 0.25) is 0 Å². The van der Waals surface area contributed by atoms with E-state index in [4.69, 9.17) is 0 Å². The van der Waals surface area contributed by atoms with Crippen molar-refractivity contribution in [2.24, 2.45) is 0 Å². The van der Waals surface area contributed by atoms with Crippen LogP contribution >= 0.6 is 0 Å². The van der Waals surface area contributed by atoms with Crippen molar-refractivity contribution in [1.29, 1.82) is 0 Å². The van der Waals surface area contributed by atoms with Crippen LogP contribution in [0, 0.1) is 0 Å². The molecule has 3 aromatic carbocycles. The number of hydrogen-bond donors (Lipinski definition) is 1. The van der Waals surface area contributed by atoms with Gasteiger partial charge in [0.1, 0.15) is 6.29 Å². The van der Waals surface area contributed by atoms with Gasteiger partial charge in [0.15, 0.2) is 0 Å². The summed E-state index contributed by atoms with van der Waals surface area (Å²) >= 11 is 0. The van der Waals surface area contributed by atoms with Crippen LogP contribution in [0.1, 0.15) is 48.8 Å². The van der Waals surface area contributed by atoms with Gasteiger partial charge in [-0.15, -0.1) is 0 Å². The minimum absolute atomic E-state index is 0.135. The maximum Gasteiger partial charge on any atom is 0.223 e. The average Bonchev–Trinajstić information content (AvgIpc) is 2.98. The molecule has 0 spiro atoms. The number of aliphatic hydroxyl groups is 1. The van der Waals surface area contributed by atoms with E-state index in [0.717, 1.165) is 28.6 Å². The fraction of sp³-hybridized carbons (Fsp3) is 0.294. The lowest BCUT2D eigenvalue weighted by atomic mass is 9.85. The normalized spacial score (nSPS) is 17.9. The van der Waals surface area contributed by atoms with Crippen LogP contribution in [-0.2, 0) is 9.59 Å². The molecule has 0 unspecified atom stereocenters. The SMILES string of the molecule is C[C@H](CC(=O)N1CCC(O)(CN2C=C(c3ccccc3)C(c3ccccc3)=C(C=O)C2)CC1)c1ccccc1. The number of carbonyl (C=O) groups is 2. The minimum atomic E-state index is -0.932. The topological polar surface area (TPSA) is 60.9 Å². The maximum absolute atomic E-state index is 13.0. The molecule has 5 nitrogen and oxygen atoms in total. The van der Waals surface area contributed by atoms with Crippen LogP contribution in [0.4, 0.5) is 0 Å². The summed E-state index contributed by atoms with van der Waals surface area (Å²) in [5.41, 5.74) is 4.88. The molecule has 1 amide bonds. The molecule has 1 atom stereocenters. The Kier molecular flexibility index (Phi) is 8.08. The summed E-state index contributed by atoms with van der Waals surface area (Å²) in [7, 11) is 0. The first-order valence-corrected chi connectivity index (χ1v) is 13.8. The van der Waals surface area contributed by atoms with Crippen LogP contribution in [0.5, 0.6) is 0 Å². The van der Waals surface area contributed by atoms with Gasteiger partial charge >= 0.3 is 0 Å². The van der Waals surface area contributed by atoms with E-state index in [1.165, 1.54) is 5.56 Å². The van der Waals surface area contributed by atoms with E-state index in [1.807, 2.05) is 71.6 Å². The number of carbonyl (C=O) groups excluding carboxylic acids is 2. The van der Waals surface area contributed by atoms with Gasteiger partial charge in [-0.05, 0) is 41.0 Å². The molecule has 5 rings (SSSR count). The summed E-state index contributed by atoms with van der Waals surface area (Å²) in [6.07, 6.45) is 4.52. The number of allylic oxidation sites excluding steroid dienone is 2. The van der Waals surface area contributed by atoms with Gasteiger partial charge in [0.05, 0.1) is 5.60 Å². The first kappa shape index (κ1) is 26.6. The van der Waals surface area contributed by atoms with Crippen LogP contribution < -0.4 is 0 Å². The van der Waals surface area contributed by atoms with Crippen molar-refractivity contribution in [3.8, 4) is 0 Å². The van der Waals surface area contributed by atoms with Gasteiger partial charge in [0.25, 0.3) is 0 Å². The quantitative estimate of drug-likeness (QED) is 0.396. The standard InChI is InChI=1S/C34H36N2O3/c1-26(27-11-5-2-6-12-27)21-32(38)36-19-17-34(39,18-20-36)25-35-22-30(24-37)33(29-15-9-4-10-16-29)31(23-35)28-13-7-3-8-14-28/h2-16,23-24,26,39H,17-22,25H2,1H3/t26-/m1/s1. The second kappa shape index (κ2) is 11.8. The summed E-state index contributed by atoms with van der Waals surface area (Å²) in [4.78, 5) is 29.3. The summed E-state index contributed by atoms with van der Waals surface area (Å²) in [6, 6.07) is 30.2. The van der Waals surface area contributed by atoms with E-state index in [9.17, 15) is 14.7 Å². The van der Waals surface area contributed by atoms with E-state index in [-0.39, 0.29) is 11.8 Å². The number of likely N-dealkylation sites (tertiary alicyclic amines) is 1. The van der Waals surface area contributed by atoms with Crippen molar-refractivity contribution in [1.82, 2.24) is 9.80 Å². The summed E-state index contributed by atoms with van der Waals surface area (Å²) in [6.45, 7) is 3.99. The highest BCUT2D eigenvalue weighted by Crippen LogP contribution is 2.38. The molecule has 200 valence electrons. The van der Waals surface area contributed by atoms with Gasteiger partial charge in [-0.1, -0.05) is 97.9 Å². The first-order valence-electron chi connectivity index (χ1n) is 13.8. The lowest BCUT2D eigenvalue weighted by Gasteiger charge is -2.42. The number of hydrogen-bond acceptors (Lipinski definition) is 4.